The van der Waals surface area contributed by atoms with Gasteiger partial charge in [-0.15, -0.1) is 0 Å². The minimum Gasteiger partial charge on any atom is -0.479 e. The van der Waals surface area contributed by atoms with E-state index in [2.05, 4.69) is 15.6 Å². The Morgan fingerprint density at radius 1 is 0.812 bits per heavy atom. The molecule has 0 aliphatic rings. The Morgan fingerprint density at radius 2 is 1.50 bits per heavy atom. The Labute approximate surface area is 274 Å². The summed E-state index contributed by atoms with van der Waals surface area (Å²) in [5, 5.41) is 14.9. The molecule has 0 unspecified atom stereocenters. The van der Waals surface area contributed by atoms with Crippen LogP contribution in [0.1, 0.15) is 39.6 Å². The monoisotopic (exact) mass is 652 g/mol. The van der Waals surface area contributed by atoms with Gasteiger partial charge in [0.1, 0.15) is 0 Å². The molecule has 0 saturated carbocycles. The molecular formula is C36H30F2N4O6. The van der Waals surface area contributed by atoms with E-state index in [0.717, 1.165) is 5.56 Å². The van der Waals surface area contributed by atoms with Crippen molar-refractivity contribution in [2.75, 3.05) is 10.6 Å². The van der Waals surface area contributed by atoms with Crippen LogP contribution in [0.3, 0.4) is 0 Å². The van der Waals surface area contributed by atoms with Gasteiger partial charge in [-0.3, -0.25) is 9.59 Å². The summed E-state index contributed by atoms with van der Waals surface area (Å²) in [5.41, 5.74) is 8.88. The van der Waals surface area contributed by atoms with E-state index in [-0.39, 0.29) is 35.9 Å². The van der Waals surface area contributed by atoms with E-state index in [9.17, 15) is 23.9 Å². The molecule has 0 fully saturated rings. The molecule has 10 nitrogen and oxygen atoms in total. The van der Waals surface area contributed by atoms with Crippen LogP contribution in [0, 0.1) is 11.6 Å². The molecule has 2 amide bonds. The zero-order chi connectivity index (χ0) is 34.2. The second-order valence-electron chi connectivity index (χ2n) is 10.5. The predicted octanol–water partition coefficient (Wildman–Crippen LogP) is 7.02. The van der Waals surface area contributed by atoms with E-state index in [1.165, 1.54) is 19.1 Å². The lowest BCUT2D eigenvalue weighted by Gasteiger charge is -2.18. The van der Waals surface area contributed by atoms with Gasteiger partial charge in [-0.05, 0) is 60.0 Å². The number of anilines is 2. The molecule has 5 N–H and O–H groups in total. The Hall–Kier alpha value is -6.14. The fourth-order valence-corrected chi connectivity index (χ4v) is 4.70. The summed E-state index contributed by atoms with van der Waals surface area (Å²) in [6.07, 6.45) is -1.45. The van der Waals surface area contributed by atoms with Crippen LogP contribution in [-0.4, -0.2) is 34.0 Å². The number of para-hydroxylation sites is 1. The average Bonchev–Trinajstić information content (AvgIpc) is 3.09. The van der Waals surface area contributed by atoms with Crippen molar-refractivity contribution < 1.29 is 37.7 Å². The maximum atomic E-state index is 15.0. The summed E-state index contributed by atoms with van der Waals surface area (Å²) >= 11 is 0. The average molecular weight is 653 g/mol. The number of amides is 2. The highest BCUT2D eigenvalue weighted by molar-refractivity contribution is 6.09. The molecule has 0 aliphatic heterocycles. The van der Waals surface area contributed by atoms with E-state index in [1.807, 2.05) is 12.1 Å². The quantitative estimate of drug-likeness (QED) is 0.112. The van der Waals surface area contributed by atoms with Gasteiger partial charge in [0.15, 0.2) is 23.5 Å². The molecule has 12 heteroatoms. The van der Waals surface area contributed by atoms with Gasteiger partial charge in [0.05, 0.1) is 5.69 Å². The lowest BCUT2D eigenvalue weighted by Crippen LogP contribution is -2.26. The third-order valence-corrected chi connectivity index (χ3v) is 7.13. The fraction of sp³-hybridized carbons (Fsp3) is 0.111. The van der Waals surface area contributed by atoms with Crippen LogP contribution in [0.5, 0.6) is 17.5 Å². The van der Waals surface area contributed by atoms with Crippen LogP contribution in [0.15, 0.2) is 103 Å². The number of carboxylic acids is 1. The minimum atomic E-state index is -1.44. The van der Waals surface area contributed by atoms with Crippen molar-refractivity contribution in [1.29, 1.82) is 0 Å². The topological polar surface area (TPSA) is 153 Å². The van der Waals surface area contributed by atoms with Gasteiger partial charge in [-0.1, -0.05) is 61.5 Å². The standard InChI is InChI=1S/C36H30F2N4O6/c1-2-29(36(45)46)47-34-27(37)19-28(38)35(42-34)48-30-16-8-15-26(23-12-6-9-21(17-23)20-39)31(30)41-33(44)24-13-7-14-25(18-24)40-32(43)22-10-4-3-5-11-22/h3-19,29H,2,20,39H2,1H3,(H,40,43)(H,41,44)(H,45,46)/t29-/m1/s1. The number of carbonyl (C=O) groups excluding carboxylic acids is 2. The van der Waals surface area contributed by atoms with Crippen LogP contribution in [0.25, 0.3) is 11.1 Å². The molecule has 1 atom stereocenters. The van der Waals surface area contributed by atoms with Gasteiger partial charge < -0.3 is 30.9 Å². The van der Waals surface area contributed by atoms with Gasteiger partial charge in [-0.25, -0.2) is 13.6 Å². The van der Waals surface area contributed by atoms with E-state index in [0.29, 0.717) is 28.4 Å². The maximum absolute atomic E-state index is 15.0. The van der Waals surface area contributed by atoms with Crippen molar-refractivity contribution in [3.63, 3.8) is 0 Å². The number of nitrogens with zero attached hydrogens (tertiary/aromatic N) is 1. The van der Waals surface area contributed by atoms with Crippen molar-refractivity contribution >= 4 is 29.2 Å². The Balaban J connectivity index is 1.51. The highest BCUT2D eigenvalue weighted by atomic mass is 19.1. The predicted molar refractivity (Wildman–Crippen MR) is 175 cm³/mol. The number of hydrogen-bond acceptors (Lipinski definition) is 7. The third-order valence-electron chi connectivity index (χ3n) is 7.13. The summed E-state index contributed by atoms with van der Waals surface area (Å²) in [6, 6.07) is 27.3. The van der Waals surface area contributed by atoms with Crippen LogP contribution < -0.4 is 25.8 Å². The number of rotatable bonds is 12. The molecule has 1 heterocycles. The highest BCUT2D eigenvalue weighted by Crippen LogP contribution is 2.39. The second-order valence-corrected chi connectivity index (χ2v) is 10.5. The number of carbonyl (C=O) groups is 3. The number of nitrogens with two attached hydrogens (primary N) is 1. The number of hydrogen-bond donors (Lipinski definition) is 4. The molecule has 4 aromatic carbocycles. The number of carboxylic acid groups (broad SMARTS) is 1. The molecule has 0 radical (unpaired) electrons. The Kier molecular flexibility index (Phi) is 10.4. The number of ether oxygens (including phenoxy) is 2. The molecular weight excluding hydrogens is 622 g/mol. The Bertz CT molecular complexity index is 1970. The normalized spacial score (nSPS) is 11.3. The van der Waals surface area contributed by atoms with Crippen LogP contribution in [-0.2, 0) is 11.3 Å². The van der Waals surface area contributed by atoms with E-state index < -0.39 is 41.4 Å². The summed E-state index contributed by atoms with van der Waals surface area (Å²) < 4.78 is 40.6. The molecule has 244 valence electrons. The minimum absolute atomic E-state index is 0.0127. The van der Waals surface area contributed by atoms with Gasteiger partial charge in [-0.2, -0.15) is 4.98 Å². The van der Waals surface area contributed by atoms with E-state index in [4.69, 9.17) is 15.2 Å². The smallest absolute Gasteiger partial charge is 0.344 e. The SMILES string of the molecule is CC[C@@H](Oc1nc(Oc2cccc(-c3cccc(CN)c3)c2NC(=O)c2cccc(NC(=O)c3ccccc3)c2)c(F)cc1F)C(=O)O. The van der Waals surface area contributed by atoms with Gasteiger partial charge in [0.25, 0.3) is 23.6 Å². The molecule has 5 rings (SSSR count). The molecule has 1 aromatic heterocycles. The van der Waals surface area contributed by atoms with E-state index in [1.54, 1.807) is 72.8 Å². The molecule has 0 saturated heterocycles. The van der Waals surface area contributed by atoms with Gasteiger partial charge in [0, 0.05) is 35.0 Å². The Morgan fingerprint density at radius 3 is 2.23 bits per heavy atom. The number of halogens is 2. The summed E-state index contributed by atoms with van der Waals surface area (Å²) in [7, 11) is 0. The number of pyridine rings is 1. The van der Waals surface area contributed by atoms with Crippen molar-refractivity contribution in [3.8, 4) is 28.6 Å². The number of aliphatic carboxylic acids is 1. The van der Waals surface area contributed by atoms with Crippen molar-refractivity contribution in [3.05, 3.63) is 131 Å². The maximum Gasteiger partial charge on any atom is 0.344 e. The van der Waals surface area contributed by atoms with Crippen LogP contribution in [0.2, 0.25) is 0 Å². The molecule has 0 aliphatic carbocycles. The summed E-state index contributed by atoms with van der Waals surface area (Å²) in [5.74, 6) is -6.29. The zero-order valence-corrected chi connectivity index (χ0v) is 25.6. The highest BCUT2D eigenvalue weighted by Gasteiger charge is 2.24. The van der Waals surface area contributed by atoms with Gasteiger partial charge >= 0.3 is 5.97 Å². The zero-order valence-electron chi connectivity index (χ0n) is 25.6. The van der Waals surface area contributed by atoms with Gasteiger partial charge in [0.2, 0.25) is 0 Å². The van der Waals surface area contributed by atoms with Crippen molar-refractivity contribution in [2.24, 2.45) is 5.73 Å². The number of benzene rings is 4. The largest absolute Gasteiger partial charge is 0.479 e. The first-order valence-corrected chi connectivity index (χ1v) is 14.8. The summed E-state index contributed by atoms with van der Waals surface area (Å²) in [4.78, 5) is 41.7. The van der Waals surface area contributed by atoms with Crippen molar-refractivity contribution in [1.82, 2.24) is 4.98 Å². The first-order valence-electron chi connectivity index (χ1n) is 14.8. The number of aromatic nitrogens is 1. The first-order chi connectivity index (χ1) is 23.2. The first kappa shape index (κ1) is 33.2. The van der Waals surface area contributed by atoms with Crippen LogP contribution >= 0.6 is 0 Å². The molecule has 0 bridgehead atoms. The molecule has 5 aromatic rings. The van der Waals surface area contributed by atoms with Crippen LogP contribution in [0.4, 0.5) is 20.2 Å². The lowest BCUT2D eigenvalue weighted by atomic mass is 10.0. The van der Waals surface area contributed by atoms with E-state index >= 15 is 4.39 Å². The lowest BCUT2D eigenvalue weighted by molar-refractivity contribution is -0.145. The third kappa shape index (κ3) is 7.80. The second kappa shape index (κ2) is 15.0. The summed E-state index contributed by atoms with van der Waals surface area (Å²) in [6.45, 7) is 1.76. The molecule has 0 spiro atoms. The van der Waals surface area contributed by atoms with Crippen molar-refractivity contribution in [2.45, 2.75) is 26.0 Å². The number of nitrogens with one attached hydrogen (secondary N) is 2. The fourth-order valence-electron chi connectivity index (χ4n) is 4.70. The molecule has 48 heavy (non-hydrogen) atoms.